The molecule has 5 nitrogen and oxygen atoms in total. The SMILES string of the molecule is COc1ccc(C(C)(C)C)cc1NC(=O)/C=C/c1ccc(OCC(C)C)c(OC)c1. The molecule has 0 radical (unpaired) electrons. The molecule has 1 amide bonds. The van der Waals surface area contributed by atoms with Crippen molar-refractivity contribution in [2.75, 3.05) is 26.1 Å². The van der Waals surface area contributed by atoms with Crippen molar-refractivity contribution in [3.8, 4) is 17.2 Å². The van der Waals surface area contributed by atoms with Gasteiger partial charge in [0.25, 0.3) is 0 Å². The van der Waals surface area contributed by atoms with E-state index in [0.717, 1.165) is 11.1 Å². The number of rotatable bonds is 8. The lowest BCUT2D eigenvalue weighted by atomic mass is 9.87. The molecule has 5 heteroatoms. The summed E-state index contributed by atoms with van der Waals surface area (Å²) >= 11 is 0. The normalized spacial score (nSPS) is 11.6. The van der Waals surface area contributed by atoms with Gasteiger partial charge in [-0.25, -0.2) is 0 Å². The molecule has 0 saturated carbocycles. The lowest BCUT2D eigenvalue weighted by Gasteiger charge is -2.21. The zero-order valence-electron chi connectivity index (χ0n) is 19.0. The Hall–Kier alpha value is -2.95. The molecule has 162 valence electrons. The highest BCUT2D eigenvalue weighted by molar-refractivity contribution is 6.02. The third kappa shape index (κ3) is 6.55. The third-order valence-corrected chi connectivity index (χ3v) is 4.51. The van der Waals surface area contributed by atoms with Crippen molar-refractivity contribution < 1.29 is 19.0 Å². The molecule has 0 heterocycles. The van der Waals surface area contributed by atoms with E-state index >= 15 is 0 Å². The van der Waals surface area contributed by atoms with Crippen LogP contribution in [0.2, 0.25) is 0 Å². The summed E-state index contributed by atoms with van der Waals surface area (Å²) in [5.41, 5.74) is 2.57. The number of hydrogen-bond donors (Lipinski definition) is 1. The van der Waals surface area contributed by atoms with E-state index in [1.807, 2.05) is 36.4 Å². The molecule has 0 spiro atoms. The molecule has 0 fully saturated rings. The first-order chi connectivity index (χ1) is 14.1. The predicted octanol–water partition coefficient (Wildman–Crippen LogP) is 5.69. The molecule has 1 N–H and O–H groups in total. The van der Waals surface area contributed by atoms with Gasteiger partial charge in [0.1, 0.15) is 5.75 Å². The number of carbonyl (C=O) groups is 1. The number of hydrogen-bond acceptors (Lipinski definition) is 4. The van der Waals surface area contributed by atoms with E-state index in [2.05, 4.69) is 39.9 Å². The lowest BCUT2D eigenvalue weighted by molar-refractivity contribution is -0.111. The second-order valence-electron chi connectivity index (χ2n) is 8.60. The minimum Gasteiger partial charge on any atom is -0.495 e. The summed E-state index contributed by atoms with van der Waals surface area (Å²) in [6, 6.07) is 11.4. The maximum absolute atomic E-state index is 12.5. The van der Waals surface area contributed by atoms with Crippen molar-refractivity contribution in [2.45, 2.75) is 40.0 Å². The van der Waals surface area contributed by atoms with Crippen LogP contribution in [0, 0.1) is 5.92 Å². The van der Waals surface area contributed by atoms with Crippen LogP contribution in [0.4, 0.5) is 5.69 Å². The Kier molecular flexibility index (Phi) is 7.93. The van der Waals surface area contributed by atoms with Crippen LogP contribution in [0.3, 0.4) is 0 Å². The van der Waals surface area contributed by atoms with E-state index in [1.54, 1.807) is 20.3 Å². The second kappa shape index (κ2) is 10.2. The van der Waals surface area contributed by atoms with Crippen molar-refractivity contribution >= 4 is 17.7 Å². The van der Waals surface area contributed by atoms with E-state index in [-0.39, 0.29) is 11.3 Å². The zero-order valence-corrected chi connectivity index (χ0v) is 19.0. The third-order valence-electron chi connectivity index (χ3n) is 4.51. The fraction of sp³-hybridized carbons (Fsp3) is 0.400. The average Bonchev–Trinajstić information content (AvgIpc) is 2.70. The maximum Gasteiger partial charge on any atom is 0.248 e. The molecule has 0 aromatic heterocycles. The summed E-state index contributed by atoms with van der Waals surface area (Å²) in [6.07, 6.45) is 3.23. The van der Waals surface area contributed by atoms with Crippen molar-refractivity contribution in [3.05, 3.63) is 53.6 Å². The van der Waals surface area contributed by atoms with Crippen LogP contribution in [-0.4, -0.2) is 26.7 Å². The molecule has 2 aromatic rings. The monoisotopic (exact) mass is 411 g/mol. The number of anilines is 1. The van der Waals surface area contributed by atoms with E-state index in [0.29, 0.717) is 35.5 Å². The zero-order chi connectivity index (χ0) is 22.3. The van der Waals surface area contributed by atoms with Crippen LogP contribution in [0.25, 0.3) is 6.08 Å². The van der Waals surface area contributed by atoms with Gasteiger partial charge in [-0.2, -0.15) is 0 Å². The van der Waals surface area contributed by atoms with E-state index in [9.17, 15) is 4.79 Å². The van der Waals surface area contributed by atoms with E-state index < -0.39 is 0 Å². The van der Waals surface area contributed by atoms with Gasteiger partial charge in [0, 0.05) is 6.08 Å². The molecule has 0 bridgehead atoms. The summed E-state index contributed by atoms with van der Waals surface area (Å²) < 4.78 is 16.6. The average molecular weight is 412 g/mol. The molecule has 0 aliphatic heterocycles. The van der Waals surface area contributed by atoms with Gasteiger partial charge in [-0.05, 0) is 52.8 Å². The van der Waals surface area contributed by atoms with Crippen LogP contribution in [0.15, 0.2) is 42.5 Å². The minimum absolute atomic E-state index is 0.0302. The highest BCUT2D eigenvalue weighted by atomic mass is 16.5. The molecular weight excluding hydrogens is 378 g/mol. The summed E-state index contributed by atoms with van der Waals surface area (Å²) in [5.74, 6) is 2.14. The van der Waals surface area contributed by atoms with Crippen LogP contribution < -0.4 is 19.5 Å². The number of benzene rings is 2. The summed E-state index contributed by atoms with van der Waals surface area (Å²) in [5, 5.41) is 2.91. The van der Waals surface area contributed by atoms with Crippen LogP contribution in [-0.2, 0) is 10.2 Å². The fourth-order valence-corrected chi connectivity index (χ4v) is 2.78. The second-order valence-corrected chi connectivity index (χ2v) is 8.60. The van der Waals surface area contributed by atoms with Gasteiger partial charge in [-0.1, -0.05) is 46.8 Å². The standard InChI is InChI=1S/C25H33NO4/c1-17(2)16-30-22-11-8-18(14-23(22)29-7)9-13-24(27)26-20-15-19(25(3,4)5)10-12-21(20)28-6/h8-15,17H,16H2,1-7H3,(H,26,27)/b13-9+. The van der Waals surface area contributed by atoms with Gasteiger partial charge in [-0.15, -0.1) is 0 Å². The molecule has 2 aromatic carbocycles. The summed E-state index contributed by atoms with van der Waals surface area (Å²) in [7, 11) is 3.19. The molecule has 0 aliphatic carbocycles. The lowest BCUT2D eigenvalue weighted by Crippen LogP contribution is -2.14. The Morgan fingerprint density at radius 3 is 2.27 bits per heavy atom. The largest absolute Gasteiger partial charge is 0.495 e. The van der Waals surface area contributed by atoms with Crippen LogP contribution >= 0.6 is 0 Å². The van der Waals surface area contributed by atoms with Gasteiger partial charge < -0.3 is 19.5 Å². The van der Waals surface area contributed by atoms with Gasteiger partial charge in [0.2, 0.25) is 5.91 Å². The first-order valence-electron chi connectivity index (χ1n) is 10.1. The number of nitrogens with one attached hydrogen (secondary N) is 1. The Labute approximate surface area is 180 Å². The predicted molar refractivity (Wildman–Crippen MR) is 123 cm³/mol. The summed E-state index contributed by atoms with van der Waals surface area (Å²) in [6.45, 7) is 11.2. The number of ether oxygens (including phenoxy) is 3. The first kappa shape index (κ1) is 23.3. The van der Waals surface area contributed by atoms with Gasteiger partial charge >= 0.3 is 0 Å². The van der Waals surface area contributed by atoms with Crippen molar-refractivity contribution in [1.82, 2.24) is 0 Å². The van der Waals surface area contributed by atoms with Gasteiger partial charge in [-0.3, -0.25) is 4.79 Å². The topological polar surface area (TPSA) is 56.8 Å². The highest BCUT2D eigenvalue weighted by Crippen LogP contribution is 2.32. The van der Waals surface area contributed by atoms with Crippen LogP contribution in [0.1, 0.15) is 45.7 Å². The van der Waals surface area contributed by atoms with E-state index in [1.165, 1.54) is 6.08 Å². The van der Waals surface area contributed by atoms with Gasteiger partial charge in [0.15, 0.2) is 11.5 Å². The Balaban J connectivity index is 2.14. The smallest absolute Gasteiger partial charge is 0.248 e. The Morgan fingerprint density at radius 2 is 1.67 bits per heavy atom. The van der Waals surface area contributed by atoms with Crippen molar-refractivity contribution in [3.63, 3.8) is 0 Å². The molecular formula is C25H33NO4. The quantitative estimate of drug-likeness (QED) is 0.567. The highest BCUT2D eigenvalue weighted by Gasteiger charge is 2.16. The molecule has 2 rings (SSSR count). The fourth-order valence-electron chi connectivity index (χ4n) is 2.78. The Bertz CT molecular complexity index is 895. The molecule has 0 saturated heterocycles. The summed E-state index contributed by atoms with van der Waals surface area (Å²) in [4.78, 5) is 12.5. The molecule has 30 heavy (non-hydrogen) atoms. The minimum atomic E-state index is -0.238. The van der Waals surface area contributed by atoms with E-state index in [4.69, 9.17) is 14.2 Å². The first-order valence-corrected chi connectivity index (χ1v) is 10.1. The number of methoxy groups -OCH3 is 2. The maximum atomic E-state index is 12.5. The Morgan fingerprint density at radius 1 is 1.00 bits per heavy atom. The van der Waals surface area contributed by atoms with Gasteiger partial charge in [0.05, 0.1) is 26.5 Å². The van der Waals surface area contributed by atoms with Crippen LogP contribution in [0.5, 0.6) is 17.2 Å². The molecule has 0 aliphatic rings. The van der Waals surface area contributed by atoms with Crippen molar-refractivity contribution in [1.29, 1.82) is 0 Å². The van der Waals surface area contributed by atoms with Crippen molar-refractivity contribution in [2.24, 2.45) is 5.92 Å². The molecule has 0 unspecified atom stereocenters. The number of carbonyl (C=O) groups excluding carboxylic acids is 1. The number of amides is 1. The molecule has 0 atom stereocenters.